The van der Waals surface area contributed by atoms with E-state index in [-0.39, 0.29) is 18.6 Å². The molecule has 0 aromatic rings. The molecule has 1 aliphatic heterocycles. The molecular formula is C9H18N2O2. The van der Waals surface area contributed by atoms with Crippen molar-refractivity contribution >= 4 is 5.91 Å². The summed E-state index contributed by atoms with van der Waals surface area (Å²) in [5.41, 5.74) is 5.73. The summed E-state index contributed by atoms with van der Waals surface area (Å²) in [7, 11) is 0. The van der Waals surface area contributed by atoms with Crippen LogP contribution in [-0.4, -0.2) is 43.2 Å². The van der Waals surface area contributed by atoms with Crippen molar-refractivity contribution in [3.05, 3.63) is 0 Å². The van der Waals surface area contributed by atoms with E-state index in [0.717, 1.165) is 25.9 Å². The molecule has 0 unspecified atom stereocenters. The molecule has 0 aromatic heterocycles. The number of nitrogens with two attached hydrogens (primary N) is 1. The van der Waals surface area contributed by atoms with Crippen molar-refractivity contribution in [3.63, 3.8) is 0 Å². The Bertz CT molecular complexity index is 165. The van der Waals surface area contributed by atoms with Crippen molar-refractivity contribution in [2.75, 3.05) is 26.3 Å². The molecule has 0 bridgehead atoms. The average Bonchev–Trinajstić information content (AvgIpc) is 2.15. The second-order valence-electron chi connectivity index (χ2n) is 3.36. The first-order chi connectivity index (χ1) is 6.24. The van der Waals surface area contributed by atoms with Crippen molar-refractivity contribution in [2.45, 2.75) is 25.8 Å². The van der Waals surface area contributed by atoms with E-state index in [4.69, 9.17) is 10.5 Å². The molecule has 4 nitrogen and oxygen atoms in total. The normalized spacial score (nSPS) is 19.1. The van der Waals surface area contributed by atoms with Crippen LogP contribution in [0.3, 0.4) is 0 Å². The Morgan fingerprint density at radius 1 is 1.54 bits per heavy atom. The zero-order valence-corrected chi connectivity index (χ0v) is 8.16. The molecule has 2 N–H and O–H groups in total. The minimum Gasteiger partial charge on any atom is -0.372 e. The molecule has 0 aromatic carbocycles. The van der Waals surface area contributed by atoms with Crippen LogP contribution in [0.25, 0.3) is 0 Å². The summed E-state index contributed by atoms with van der Waals surface area (Å²) in [5, 5.41) is 0. The molecular weight excluding hydrogens is 168 g/mol. The number of carbonyl (C=O) groups excluding carboxylic acids is 1. The number of hydrogen-bond donors (Lipinski definition) is 1. The first-order valence-corrected chi connectivity index (χ1v) is 4.85. The van der Waals surface area contributed by atoms with E-state index in [1.807, 2.05) is 11.8 Å². The van der Waals surface area contributed by atoms with Crippen LogP contribution in [0.4, 0.5) is 0 Å². The zero-order chi connectivity index (χ0) is 9.68. The van der Waals surface area contributed by atoms with Gasteiger partial charge in [-0.2, -0.15) is 0 Å². The SMILES string of the molecule is CCOCC(=O)N1CCC(N)CC1. The first-order valence-electron chi connectivity index (χ1n) is 4.85. The fraction of sp³-hybridized carbons (Fsp3) is 0.889. The summed E-state index contributed by atoms with van der Waals surface area (Å²) in [5.74, 6) is 0.0914. The lowest BCUT2D eigenvalue weighted by Crippen LogP contribution is -2.44. The average molecular weight is 186 g/mol. The van der Waals surface area contributed by atoms with Crippen molar-refractivity contribution in [2.24, 2.45) is 5.73 Å². The van der Waals surface area contributed by atoms with Crippen molar-refractivity contribution < 1.29 is 9.53 Å². The predicted molar refractivity (Wildman–Crippen MR) is 50.3 cm³/mol. The summed E-state index contributed by atoms with van der Waals surface area (Å²) in [6, 6.07) is 0.274. The molecule has 0 spiro atoms. The van der Waals surface area contributed by atoms with Gasteiger partial charge in [0.25, 0.3) is 0 Å². The minimum atomic E-state index is 0.0914. The smallest absolute Gasteiger partial charge is 0.248 e. The van der Waals surface area contributed by atoms with Crippen LogP contribution in [-0.2, 0) is 9.53 Å². The van der Waals surface area contributed by atoms with Crippen LogP contribution in [0.2, 0.25) is 0 Å². The molecule has 1 rings (SSSR count). The minimum absolute atomic E-state index is 0.0914. The van der Waals surface area contributed by atoms with Crippen LogP contribution >= 0.6 is 0 Å². The number of piperidine rings is 1. The largest absolute Gasteiger partial charge is 0.372 e. The highest BCUT2D eigenvalue weighted by molar-refractivity contribution is 5.77. The molecule has 76 valence electrons. The van der Waals surface area contributed by atoms with Crippen LogP contribution in [0, 0.1) is 0 Å². The molecule has 0 saturated carbocycles. The van der Waals surface area contributed by atoms with Crippen LogP contribution in [0.15, 0.2) is 0 Å². The molecule has 1 aliphatic rings. The molecule has 1 heterocycles. The number of nitrogens with zero attached hydrogens (tertiary/aromatic N) is 1. The van der Waals surface area contributed by atoms with Crippen molar-refractivity contribution in [1.82, 2.24) is 4.90 Å². The Hall–Kier alpha value is -0.610. The summed E-state index contributed by atoms with van der Waals surface area (Å²) in [4.78, 5) is 13.3. The van der Waals surface area contributed by atoms with Gasteiger partial charge in [-0.15, -0.1) is 0 Å². The van der Waals surface area contributed by atoms with E-state index in [0.29, 0.717) is 6.61 Å². The number of ether oxygens (including phenoxy) is 1. The van der Waals surface area contributed by atoms with Gasteiger partial charge < -0.3 is 15.4 Å². The highest BCUT2D eigenvalue weighted by atomic mass is 16.5. The Kier molecular flexibility index (Phi) is 4.18. The third-order valence-corrected chi connectivity index (χ3v) is 2.32. The number of amides is 1. The fourth-order valence-electron chi connectivity index (χ4n) is 1.43. The molecule has 1 amide bonds. The molecule has 4 heteroatoms. The van der Waals surface area contributed by atoms with Crippen LogP contribution in [0.5, 0.6) is 0 Å². The zero-order valence-electron chi connectivity index (χ0n) is 8.16. The van der Waals surface area contributed by atoms with Gasteiger partial charge >= 0.3 is 0 Å². The van der Waals surface area contributed by atoms with Gasteiger partial charge in [-0.05, 0) is 19.8 Å². The van der Waals surface area contributed by atoms with Gasteiger partial charge in [0.1, 0.15) is 6.61 Å². The maximum absolute atomic E-state index is 11.4. The van der Waals surface area contributed by atoms with Gasteiger partial charge in [0, 0.05) is 25.7 Å². The van der Waals surface area contributed by atoms with E-state index in [1.165, 1.54) is 0 Å². The Morgan fingerprint density at radius 2 is 2.15 bits per heavy atom. The fourth-order valence-corrected chi connectivity index (χ4v) is 1.43. The lowest BCUT2D eigenvalue weighted by Gasteiger charge is -2.30. The van der Waals surface area contributed by atoms with Gasteiger partial charge in [-0.25, -0.2) is 0 Å². The van der Waals surface area contributed by atoms with E-state index in [2.05, 4.69) is 0 Å². The monoisotopic (exact) mass is 186 g/mol. The van der Waals surface area contributed by atoms with Gasteiger partial charge in [0.15, 0.2) is 0 Å². The lowest BCUT2D eigenvalue weighted by atomic mass is 10.1. The Labute approximate surface area is 79.0 Å². The summed E-state index contributed by atoms with van der Waals surface area (Å²) >= 11 is 0. The molecule has 0 aliphatic carbocycles. The van der Waals surface area contributed by atoms with E-state index >= 15 is 0 Å². The molecule has 1 saturated heterocycles. The topological polar surface area (TPSA) is 55.6 Å². The summed E-state index contributed by atoms with van der Waals surface area (Å²) in [6.07, 6.45) is 1.83. The number of rotatable bonds is 3. The molecule has 0 radical (unpaired) electrons. The van der Waals surface area contributed by atoms with E-state index in [9.17, 15) is 4.79 Å². The van der Waals surface area contributed by atoms with Gasteiger partial charge in [0.05, 0.1) is 0 Å². The second kappa shape index (κ2) is 5.19. The first kappa shape index (κ1) is 10.5. The van der Waals surface area contributed by atoms with Crippen LogP contribution < -0.4 is 5.73 Å². The van der Waals surface area contributed by atoms with Crippen molar-refractivity contribution in [3.8, 4) is 0 Å². The Balaban J connectivity index is 2.23. The number of carbonyl (C=O) groups is 1. The Morgan fingerprint density at radius 3 is 2.69 bits per heavy atom. The van der Waals surface area contributed by atoms with Gasteiger partial charge in [0.2, 0.25) is 5.91 Å². The van der Waals surface area contributed by atoms with E-state index in [1.54, 1.807) is 0 Å². The quantitative estimate of drug-likeness (QED) is 0.673. The summed E-state index contributed by atoms with van der Waals surface area (Å²) in [6.45, 7) is 4.27. The third kappa shape index (κ3) is 3.32. The predicted octanol–water partition coefficient (Wildman–Crippen LogP) is -0.0274. The highest BCUT2D eigenvalue weighted by Crippen LogP contribution is 2.08. The van der Waals surface area contributed by atoms with Crippen molar-refractivity contribution in [1.29, 1.82) is 0 Å². The third-order valence-electron chi connectivity index (χ3n) is 2.32. The molecule has 13 heavy (non-hydrogen) atoms. The maximum Gasteiger partial charge on any atom is 0.248 e. The van der Waals surface area contributed by atoms with Gasteiger partial charge in [-0.1, -0.05) is 0 Å². The summed E-state index contributed by atoms with van der Waals surface area (Å²) < 4.78 is 5.05. The van der Waals surface area contributed by atoms with Gasteiger partial charge in [-0.3, -0.25) is 4.79 Å². The number of likely N-dealkylation sites (tertiary alicyclic amines) is 1. The molecule has 0 atom stereocenters. The standard InChI is InChI=1S/C9H18N2O2/c1-2-13-7-9(12)11-5-3-8(10)4-6-11/h8H,2-7,10H2,1H3. The van der Waals surface area contributed by atoms with Crippen LogP contribution in [0.1, 0.15) is 19.8 Å². The number of hydrogen-bond acceptors (Lipinski definition) is 3. The van der Waals surface area contributed by atoms with E-state index < -0.39 is 0 Å². The second-order valence-corrected chi connectivity index (χ2v) is 3.36. The molecule has 1 fully saturated rings. The lowest BCUT2D eigenvalue weighted by molar-refractivity contribution is -0.137. The highest BCUT2D eigenvalue weighted by Gasteiger charge is 2.19. The maximum atomic E-state index is 11.4.